The van der Waals surface area contributed by atoms with Gasteiger partial charge in [-0.05, 0) is 6.92 Å². The Morgan fingerprint density at radius 2 is 2.31 bits per heavy atom. The Labute approximate surface area is 81.1 Å². The van der Waals surface area contributed by atoms with Crippen molar-refractivity contribution in [2.75, 3.05) is 12.3 Å². The first-order valence-corrected chi connectivity index (χ1v) is 4.99. The van der Waals surface area contributed by atoms with Gasteiger partial charge in [-0.2, -0.15) is 10.5 Å². The number of rotatable bonds is 2. The molecule has 0 N–H and O–H groups in total. The normalized spacial score (nSPS) is 21.7. The Balaban J connectivity index is 2.77. The third-order valence-corrected chi connectivity index (χ3v) is 3.19. The van der Waals surface area contributed by atoms with E-state index < -0.39 is 5.92 Å². The predicted molar refractivity (Wildman–Crippen MR) is 48.3 cm³/mol. The van der Waals surface area contributed by atoms with Crippen LogP contribution in [-0.2, 0) is 4.79 Å². The van der Waals surface area contributed by atoms with Crippen molar-refractivity contribution in [1.29, 1.82) is 10.5 Å². The number of hydrogen-bond acceptors (Lipinski definition) is 4. The Morgan fingerprint density at radius 1 is 1.69 bits per heavy atom. The van der Waals surface area contributed by atoms with E-state index in [1.54, 1.807) is 4.90 Å². The van der Waals surface area contributed by atoms with Gasteiger partial charge in [-0.3, -0.25) is 4.79 Å². The molecule has 5 heteroatoms. The highest BCUT2D eigenvalue weighted by atomic mass is 32.2. The fourth-order valence-corrected chi connectivity index (χ4v) is 2.50. The summed E-state index contributed by atoms with van der Waals surface area (Å²) in [5, 5.41) is 17.1. The number of hydrogen-bond donors (Lipinski definition) is 0. The van der Waals surface area contributed by atoms with Crippen LogP contribution < -0.4 is 0 Å². The van der Waals surface area contributed by atoms with Gasteiger partial charge in [0.05, 0.1) is 17.9 Å². The second kappa shape index (κ2) is 4.15. The molecule has 1 saturated heterocycles. The van der Waals surface area contributed by atoms with Crippen LogP contribution in [0.25, 0.3) is 0 Å². The summed E-state index contributed by atoms with van der Waals surface area (Å²) >= 11 is 1.37. The Hall–Kier alpha value is -1.20. The molecule has 1 amide bonds. The second-order valence-corrected chi connectivity index (χ2v) is 3.72. The lowest BCUT2D eigenvalue weighted by Crippen LogP contribution is -2.36. The molecular formula is C8H9N3OS. The summed E-state index contributed by atoms with van der Waals surface area (Å²) in [6, 6.07) is 3.81. The summed E-state index contributed by atoms with van der Waals surface area (Å²) in [5.41, 5.74) is 0. The fraction of sp³-hybridized carbons (Fsp3) is 0.625. The Bertz CT molecular complexity index is 277. The van der Waals surface area contributed by atoms with Gasteiger partial charge in [0.15, 0.2) is 5.92 Å². The third-order valence-electron chi connectivity index (χ3n) is 1.91. The van der Waals surface area contributed by atoms with Crippen molar-refractivity contribution in [1.82, 2.24) is 4.90 Å². The number of nitriles is 2. The van der Waals surface area contributed by atoms with E-state index in [4.69, 9.17) is 10.5 Å². The average Bonchev–Trinajstić information content (AvgIpc) is 2.50. The molecule has 1 fully saturated rings. The molecule has 1 aliphatic heterocycles. The van der Waals surface area contributed by atoms with Gasteiger partial charge in [0.1, 0.15) is 5.37 Å². The molecule has 68 valence electrons. The van der Waals surface area contributed by atoms with Gasteiger partial charge in [-0.25, -0.2) is 0 Å². The van der Waals surface area contributed by atoms with Gasteiger partial charge in [0.2, 0.25) is 5.91 Å². The molecular weight excluding hydrogens is 186 g/mol. The number of carbonyl (C=O) groups excluding carboxylic acids is 1. The monoisotopic (exact) mass is 195 g/mol. The summed E-state index contributed by atoms with van der Waals surface area (Å²) in [6.07, 6.45) is 0. The van der Waals surface area contributed by atoms with Crippen molar-refractivity contribution >= 4 is 17.7 Å². The summed E-state index contributed by atoms with van der Waals surface area (Å²) in [5.74, 6) is -0.303. The Morgan fingerprint density at radius 3 is 2.77 bits per heavy atom. The summed E-state index contributed by atoms with van der Waals surface area (Å²) in [7, 11) is 0. The maximum atomic E-state index is 11.2. The van der Waals surface area contributed by atoms with E-state index in [9.17, 15) is 4.79 Å². The summed E-state index contributed by atoms with van der Waals surface area (Å²) in [6.45, 7) is 2.42. The molecule has 0 aromatic rings. The smallest absolute Gasteiger partial charge is 0.233 e. The molecule has 1 unspecified atom stereocenters. The van der Waals surface area contributed by atoms with E-state index in [-0.39, 0.29) is 11.3 Å². The lowest BCUT2D eigenvalue weighted by atomic mass is 10.2. The molecule has 1 atom stereocenters. The van der Waals surface area contributed by atoms with Gasteiger partial charge in [-0.1, -0.05) is 0 Å². The lowest BCUT2D eigenvalue weighted by molar-refractivity contribution is -0.127. The second-order valence-electron chi connectivity index (χ2n) is 2.62. The topological polar surface area (TPSA) is 67.9 Å². The van der Waals surface area contributed by atoms with E-state index in [0.717, 1.165) is 0 Å². The zero-order valence-corrected chi connectivity index (χ0v) is 8.04. The van der Waals surface area contributed by atoms with Crippen LogP contribution in [0.4, 0.5) is 0 Å². The quantitative estimate of drug-likeness (QED) is 0.646. The fourth-order valence-electron chi connectivity index (χ4n) is 1.26. The van der Waals surface area contributed by atoms with Crippen LogP contribution in [0.3, 0.4) is 0 Å². The molecule has 0 aromatic carbocycles. The number of nitrogens with zero attached hydrogens (tertiary/aromatic N) is 3. The molecule has 13 heavy (non-hydrogen) atoms. The van der Waals surface area contributed by atoms with E-state index in [1.807, 2.05) is 19.1 Å². The van der Waals surface area contributed by atoms with Gasteiger partial charge in [0.25, 0.3) is 0 Å². The van der Waals surface area contributed by atoms with Crippen LogP contribution in [0, 0.1) is 28.6 Å². The van der Waals surface area contributed by atoms with Gasteiger partial charge in [0, 0.05) is 6.54 Å². The van der Waals surface area contributed by atoms with E-state index in [0.29, 0.717) is 12.3 Å². The van der Waals surface area contributed by atoms with E-state index in [1.165, 1.54) is 11.8 Å². The maximum absolute atomic E-state index is 11.2. The van der Waals surface area contributed by atoms with Crippen LogP contribution in [0.2, 0.25) is 0 Å². The summed E-state index contributed by atoms with van der Waals surface area (Å²) < 4.78 is 0. The van der Waals surface area contributed by atoms with E-state index >= 15 is 0 Å². The molecule has 0 spiro atoms. The highest BCUT2D eigenvalue weighted by molar-refractivity contribution is 8.01. The van der Waals surface area contributed by atoms with Crippen molar-refractivity contribution < 1.29 is 4.79 Å². The standard InChI is InChI=1S/C8H9N3OS/c1-2-11-7(12)5-13-8(11)6(3-9)4-10/h6,8H,2,5H2,1H3. The number of thioether (sulfide) groups is 1. The average molecular weight is 195 g/mol. The van der Waals surface area contributed by atoms with E-state index in [2.05, 4.69) is 0 Å². The first-order valence-electron chi connectivity index (χ1n) is 3.95. The van der Waals surface area contributed by atoms with Crippen LogP contribution in [0.5, 0.6) is 0 Å². The Kier molecular flexibility index (Phi) is 3.16. The minimum Gasteiger partial charge on any atom is -0.328 e. The number of amides is 1. The molecule has 0 bridgehead atoms. The summed E-state index contributed by atoms with van der Waals surface area (Å²) in [4.78, 5) is 12.8. The molecule has 1 rings (SSSR count). The van der Waals surface area contributed by atoms with Gasteiger partial charge in [-0.15, -0.1) is 11.8 Å². The van der Waals surface area contributed by atoms with Crippen molar-refractivity contribution in [2.24, 2.45) is 5.92 Å². The van der Waals surface area contributed by atoms with Crippen LogP contribution >= 0.6 is 11.8 Å². The molecule has 0 radical (unpaired) electrons. The molecule has 1 aliphatic rings. The van der Waals surface area contributed by atoms with Crippen molar-refractivity contribution in [3.63, 3.8) is 0 Å². The molecule has 0 aliphatic carbocycles. The maximum Gasteiger partial charge on any atom is 0.233 e. The van der Waals surface area contributed by atoms with Crippen LogP contribution in [0.15, 0.2) is 0 Å². The SMILES string of the molecule is CCN1C(=O)CSC1C(C#N)C#N. The molecule has 4 nitrogen and oxygen atoms in total. The molecule has 0 aromatic heterocycles. The van der Waals surface area contributed by atoms with Crippen molar-refractivity contribution in [3.8, 4) is 12.1 Å². The van der Waals surface area contributed by atoms with Gasteiger partial charge >= 0.3 is 0 Å². The van der Waals surface area contributed by atoms with Crippen molar-refractivity contribution in [3.05, 3.63) is 0 Å². The first-order chi connectivity index (χ1) is 6.24. The van der Waals surface area contributed by atoms with Gasteiger partial charge < -0.3 is 4.90 Å². The van der Waals surface area contributed by atoms with Crippen LogP contribution in [0.1, 0.15) is 6.92 Å². The predicted octanol–water partition coefficient (Wildman–Crippen LogP) is 0.571. The molecule has 1 heterocycles. The highest BCUT2D eigenvalue weighted by Crippen LogP contribution is 2.29. The first kappa shape index (κ1) is 9.88. The van der Waals surface area contributed by atoms with Crippen molar-refractivity contribution in [2.45, 2.75) is 12.3 Å². The third kappa shape index (κ3) is 1.76. The molecule has 0 saturated carbocycles. The highest BCUT2D eigenvalue weighted by Gasteiger charge is 2.36. The minimum atomic E-state index is -0.712. The zero-order chi connectivity index (χ0) is 9.84. The van der Waals surface area contributed by atoms with Crippen LogP contribution in [-0.4, -0.2) is 28.5 Å². The largest absolute Gasteiger partial charge is 0.328 e. The minimum absolute atomic E-state index is 0.0213. The number of carbonyl (C=O) groups is 1. The lowest BCUT2D eigenvalue weighted by Gasteiger charge is -2.22. The zero-order valence-electron chi connectivity index (χ0n) is 7.23.